The predicted octanol–water partition coefficient (Wildman–Crippen LogP) is 4.29. The Kier molecular flexibility index (Phi) is 3.33. The molecule has 1 N–H and O–H groups in total. The number of pyridine rings is 1. The first kappa shape index (κ1) is 12.6. The number of nitrogens with zero attached hydrogens (tertiary/aromatic N) is 1. The molecule has 0 radical (unpaired) electrons. The number of nitrogens with one attached hydrogen (secondary N) is 1. The number of hydrogen-bond acceptors (Lipinski definition) is 2. The number of aryl methyl sites for hydroxylation is 1. The number of fused-ring (bicyclic) bond motifs is 1. The van der Waals surface area contributed by atoms with E-state index in [1.54, 1.807) is 12.3 Å². The molecule has 0 aliphatic carbocycles. The summed E-state index contributed by atoms with van der Waals surface area (Å²) in [6, 6.07) is 14.9. The average molecular weight is 266 g/mol. The van der Waals surface area contributed by atoms with Crippen LogP contribution in [0.2, 0.25) is 0 Å². The zero-order chi connectivity index (χ0) is 13.9. The van der Waals surface area contributed by atoms with Crippen LogP contribution >= 0.6 is 0 Å². The van der Waals surface area contributed by atoms with Gasteiger partial charge in [0.1, 0.15) is 5.82 Å². The van der Waals surface area contributed by atoms with Gasteiger partial charge in [0.2, 0.25) is 0 Å². The van der Waals surface area contributed by atoms with Crippen molar-refractivity contribution < 1.29 is 4.39 Å². The summed E-state index contributed by atoms with van der Waals surface area (Å²) in [4.78, 5) is 4.30. The van der Waals surface area contributed by atoms with Gasteiger partial charge in [-0.15, -0.1) is 0 Å². The first-order valence-electron chi connectivity index (χ1n) is 6.56. The first-order chi connectivity index (χ1) is 9.72. The molecule has 3 aromatic rings. The van der Waals surface area contributed by atoms with Crippen molar-refractivity contribution in [2.75, 3.05) is 5.32 Å². The molecule has 1 heterocycles. The molecule has 0 saturated carbocycles. The molecule has 0 unspecified atom stereocenters. The summed E-state index contributed by atoms with van der Waals surface area (Å²) in [6.45, 7) is 2.63. The van der Waals surface area contributed by atoms with E-state index in [1.807, 2.05) is 31.2 Å². The second kappa shape index (κ2) is 5.29. The molecule has 0 aliphatic rings. The summed E-state index contributed by atoms with van der Waals surface area (Å²) >= 11 is 0. The summed E-state index contributed by atoms with van der Waals surface area (Å²) in [5.74, 6) is -0.221. The van der Waals surface area contributed by atoms with Gasteiger partial charge < -0.3 is 5.32 Å². The van der Waals surface area contributed by atoms with E-state index in [2.05, 4.69) is 16.4 Å². The van der Waals surface area contributed by atoms with E-state index in [0.29, 0.717) is 6.54 Å². The molecule has 3 rings (SSSR count). The summed E-state index contributed by atoms with van der Waals surface area (Å²) in [6.07, 6.45) is 1.79. The Labute approximate surface area is 117 Å². The van der Waals surface area contributed by atoms with E-state index in [1.165, 1.54) is 12.1 Å². The van der Waals surface area contributed by atoms with E-state index in [-0.39, 0.29) is 5.82 Å². The maximum Gasteiger partial charge on any atom is 0.125 e. The molecule has 0 atom stereocenters. The third kappa shape index (κ3) is 2.62. The summed E-state index contributed by atoms with van der Waals surface area (Å²) in [5, 5.41) is 4.39. The van der Waals surface area contributed by atoms with Crippen LogP contribution in [-0.4, -0.2) is 4.98 Å². The minimum Gasteiger partial charge on any atom is -0.381 e. The normalized spacial score (nSPS) is 10.7. The van der Waals surface area contributed by atoms with Crippen molar-refractivity contribution in [3.63, 3.8) is 0 Å². The second-order valence-corrected chi connectivity index (χ2v) is 4.84. The highest BCUT2D eigenvalue weighted by Crippen LogP contribution is 2.18. The van der Waals surface area contributed by atoms with Crippen LogP contribution < -0.4 is 5.32 Å². The summed E-state index contributed by atoms with van der Waals surface area (Å²) in [5.41, 5.74) is 4.00. The van der Waals surface area contributed by atoms with Crippen LogP contribution in [0.1, 0.15) is 11.1 Å². The number of rotatable bonds is 3. The van der Waals surface area contributed by atoms with Gasteiger partial charge in [-0.1, -0.05) is 18.2 Å². The fraction of sp³-hybridized carbons (Fsp3) is 0.118. The average Bonchev–Trinajstić information content (AvgIpc) is 2.48. The molecule has 100 valence electrons. The van der Waals surface area contributed by atoms with Crippen LogP contribution in [0.15, 0.2) is 54.7 Å². The van der Waals surface area contributed by atoms with E-state index >= 15 is 0 Å². The van der Waals surface area contributed by atoms with Crippen molar-refractivity contribution in [3.05, 3.63) is 71.7 Å². The summed E-state index contributed by atoms with van der Waals surface area (Å²) in [7, 11) is 0. The zero-order valence-corrected chi connectivity index (χ0v) is 11.2. The lowest BCUT2D eigenvalue weighted by Crippen LogP contribution is -2.01. The van der Waals surface area contributed by atoms with Crippen LogP contribution in [0.4, 0.5) is 10.1 Å². The van der Waals surface area contributed by atoms with Gasteiger partial charge in [-0.3, -0.25) is 4.98 Å². The van der Waals surface area contributed by atoms with Crippen molar-refractivity contribution in [2.45, 2.75) is 13.5 Å². The third-order valence-corrected chi connectivity index (χ3v) is 3.35. The van der Waals surface area contributed by atoms with Crippen molar-refractivity contribution in [3.8, 4) is 0 Å². The molecule has 0 bridgehead atoms. The lowest BCUT2D eigenvalue weighted by molar-refractivity contribution is 0.628. The van der Waals surface area contributed by atoms with Crippen molar-refractivity contribution in [2.24, 2.45) is 0 Å². The quantitative estimate of drug-likeness (QED) is 0.764. The van der Waals surface area contributed by atoms with Crippen LogP contribution in [0.3, 0.4) is 0 Å². The molecule has 0 aliphatic heterocycles. The Hall–Kier alpha value is -2.42. The number of halogens is 1. The van der Waals surface area contributed by atoms with Gasteiger partial charge in [0, 0.05) is 23.8 Å². The highest BCUT2D eigenvalue weighted by atomic mass is 19.1. The molecular weight excluding hydrogens is 251 g/mol. The Morgan fingerprint density at radius 3 is 2.90 bits per heavy atom. The molecular formula is C17H15FN2. The monoisotopic (exact) mass is 266 g/mol. The fourth-order valence-electron chi connectivity index (χ4n) is 2.22. The lowest BCUT2D eigenvalue weighted by atomic mass is 10.1. The molecule has 0 saturated heterocycles. The zero-order valence-electron chi connectivity index (χ0n) is 11.2. The lowest BCUT2D eigenvalue weighted by Gasteiger charge is -2.10. The minimum absolute atomic E-state index is 0.221. The number of aromatic nitrogens is 1. The molecule has 0 amide bonds. The van der Waals surface area contributed by atoms with Crippen LogP contribution in [0, 0.1) is 12.7 Å². The van der Waals surface area contributed by atoms with Gasteiger partial charge >= 0.3 is 0 Å². The third-order valence-electron chi connectivity index (χ3n) is 3.35. The first-order valence-corrected chi connectivity index (χ1v) is 6.56. The minimum atomic E-state index is -0.221. The Balaban J connectivity index is 1.81. The van der Waals surface area contributed by atoms with Gasteiger partial charge in [-0.05, 0) is 48.4 Å². The topological polar surface area (TPSA) is 24.9 Å². The fourth-order valence-corrected chi connectivity index (χ4v) is 2.22. The molecule has 2 nitrogen and oxygen atoms in total. The number of benzene rings is 2. The summed E-state index contributed by atoms with van der Waals surface area (Å²) < 4.78 is 13.2. The van der Waals surface area contributed by atoms with Gasteiger partial charge in [0.15, 0.2) is 0 Å². The van der Waals surface area contributed by atoms with Gasteiger partial charge in [0.05, 0.1) is 5.52 Å². The maximum absolute atomic E-state index is 13.2. The number of anilines is 1. The van der Waals surface area contributed by atoms with Crippen LogP contribution in [0.5, 0.6) is 0 Å². The molecule has 2 aromatic carbocycles. The van der Waals surface area contributed by atoms with E-state index < -0.39 is 0 Å². The standard InChI is InChI=1S/C17H15FN2/c1-12-4-6-15(18)10-17(12)20-11-13-5-7-16-14(9-13)3-2-8-19-16/h2-10,20H,11H2,1H3. The van der Waals surface area contributed by atoms with Gasteiger partial charge in [-0.2, -0.15) is 0 Å². The largest absolute Gasteiger partial charge is 0.381 e. The maximum atomic E-state index is 13.2. The molecule has 0 spiro atoms. The van der Waals surface area contributed by atoms with Crippen molar-refractivity contribution in [1.29, 1.82) is 0 Å². The smallest absolute Gasteiger partial charge is 0.125 e. The molecule has 20 heavy (non-hydrogen) atoms. The molecule has 1 aromatic heterocycles. The highest BCUT2D eigenvalue weighted by Gasteiger charge is 2.01. The highest BCUT2D eigenvalue weighted by molar-refractivity contribution is 5.79. The van der Waals surface area contributed by atoms with E-state index in [0.717, 1.165) is 27.7 Å². The Morgan fingerprint density at radius 2 is 2.00 bits per heavy atom. The van der Waals surface area contributed by atoms with Crippen molar-refractivity contribution >= 4 is 16.6 Å². The molecule has 3 heteroatoms. The molecule has 0 fully saturated rings. The van der Waals surface area contributed by atoms with Crippen LogP contribution in [-0.2, 0) is 6.54 Å². The van der Waals surface area contributed by atoms with Crippen molar-refractivity contribution in [1.82, 2.24) is 4.98 Å². The Bertz CT molecular complexity index is 753. The van der Waals surface area contributed by atoms with Gasteiger partial charge in [0.25, 0.3) is 0 Å². The van der Waals surface area contributed by atoms with Crippen LogP contribution in [0.25, 0.3) is 10.9 Å². The number of hydrogen-bond donors (Lipinski definition) is 1. The van der Waals surface area contributed by atoms with Gasteiger partial charge in [-0.25, -0.2) is 4.39 Å². The SMILES string of the molecule is Cc1ccc(F)cc1NCc1ccc2ncccc2c1. The second-order valence-electron chi connectivity index (χ2n) is 4.84. The Morgan fingerprint density at radius 1 is 1.10 bits per heavy atom. The van der Waals surface area contributed by atoms with E-state index in [4.69, 9.17) is 0 Å². The predicted molar refractivity (Wildman–Crippen MR) is 80.2 cm³/mol. The van der Waals surface area contributed by atoms with E-state index in [9.17, 15) is 4.39 Å².